The standard InChI is InChI=1S/C19H21N3O4S/c1-22(2)14-8-7-13-11-17(26-16(13)12-14)19(23)21-27(24)18-6-4-3-5-15(18)25-10-9-20/h3-8,11-12H,9-10,20H2,1-2H3,(H,21,23). The monoisotopic (exact) mass is 387 g/mol. The number of para-hydroxylation sites is 1. The third kappa shape index (κ3) is 4.29. The fraction of sp³-hybridized carbons (Fsp3) is 0.211. The summed E-state index contributed by atoms with van der Waals surface area (Å²) in [6.45, 7) is 0.626. The SMILES string of the molecule is CN(C)c1ccc2cc(C(=O)NS(=O)c3ccccc3OCCN)oc2c1. The van der Waals surface area contributed by atoms with Gasteiger partial charge in [-0.05, 0) is 30.3 Å². The number of carbonyl (C=O) groups excluding carboxylic acids is 1. The van der Waals surface area contributed by atoms with E-state index in [1.807, 2.05) is 37.2 Å². The van der Waals surface area contributed by atoms with Crippen LogP contribution >= 0.6 is 0 Å². The van der Waals surface area contributed by atoms with Crippen molar-refractivity contribution in [2.75, 3.05) is 32.1 Å². The normalized spacial score (nSPS) is 12.0. The quantitative estimate of drug-likeness (QED) is 0.646. The Morgan fingerprint density at radius 2 is 2.00 bits per heavy atom. The fourth-order valence-corrected chi connectivity index (χ4v) is 3.38. The van der Waals surface area contributed by atoms with Gasteiger partial charge < -0.3 is 19.8 Å². The van der Waals surface area contributed by atoms with Crippen LogP contribution in [0.4, 0.5) is 5.69 Å². The lowest BCUT2D eigenvalue weighted by Gasteiger charge is -2.11. The fourth-order valence-electron chi connectivity index (χ4n) is 2.49. The maximum atomic E-state index is 12.6. The Morgan fingerprint density at radius 1 is 1.22 bits per heavy atom. The Bertz CT molecular complexity index is 984. The molecule has 1 heterocycles. The molecule has 0 aliphatic rings. The maximum Gasteiger partial charge on any atom is 0.298 e. The highest BCUT2D eigenvalue weighted by Crippen LogP contribution is 2.25. The number of fused-ring (bicyclic) bond motifs is 1. The van der Waals surface area contributed by atoms with Gasteiger partial charge in [0, 0.05) is 37.8 Å². The molecule has 27 heavy (non-hydrogen) atoms. The highest BCUT2D eigenvalue weighted by atomic mass is 32.2. The molecule has 142 valence electrons. The third-order valence-corrected chi connectivity index (χ3v) is 4.96. The van der Waals surface area contributed by atoms with Crippen molar-refractivity contribution in [1.29, 1.82) is 0 Å². The van der Waals surface area contributed by atoms with E-state index < -0.39 is 16.9 Å². The van der Waals surface area contributed by atoms with Crippen LogP contribution in [0.2, 0.25) is 0 Å². The number of anilines is 1. The zero-order chi connectivity index (χ0) is 19.4. The van der Waals surface area contributed by atoms with Crippen LogP contribution in [0.1, 0.15) is 10.6 Å². The van der Waals surface area contributed by atoms with Gasteiger partial charge >= 0.3 is 0 Å². The highest BCUT2D eigenvalue weighted by Gasteiger charge is 2.18. The molecule has 3 aromatic rings. The topological polar surface area (TPSA) is 97.8 Å². The number of hydrogen-bond donors (Lipinski definition) is 2. The first-order chi connectivity index (χ1) is 13.0. The summed E-state index contributed by atoms with van der Waals surface area (Å²) < 4.78 is 26.1. The predicted molar refractivity (Wildman–Crippen MR) is 105 cm³/mol. The van der Waals surface area contributed by atoms with Crippen LogP contribution in [0, 0.1) is 0 Å². The van der Waals surface area contributed by atoms with Crippen LogP contribution < -0.4 is 20.1 Å². The molecule has 1 aromatic heterocycles. The van der Waals surface area contributed by atoms with Crippen LogP contribution in [-0.2, 0) is 11.0 Å². The van der Waals surface area contributed by atoms with E-state index in [1.165, 1.54) is 0 Å². The molecule has 0 fully saturated rings. The molecule has 0 aliphatic carbocycles. The molecule has 3 rings (SSSR count). The molecule has 1 amide bonds. The second-order valence-corrected chi connectivity index (χ2v) is 7.19. The van der Waals surface area contributed by atoms with Gasteiger partial charge in [-0.15, -0.1) is 0 Å². The Balaban J connectivity index is 1.79. The van der Waals surface area contributed by atoms with E-state index in [1.54, 1.807) is 30.3 Å². The molecule has 0 spiro atoms. The highest BCUT2D eigenvalue weighted by molar-refractivity contribution is 7.83. The van der Waals surface area contributed by atoms with Crippen molar-refractivity contribution in [3.8, 4) is 5.75 Å². The van der Waals surface area contributed by atoms with Gasteiger partial charge in [-0.2, -0.15) is 0 Å². The van der Waals surface area contributed by atoms with Crippen molar-refractivity contribution in [3.05, 3.63) is 54.3 Å². The average Bonchev–Trinajstić information content (AvgIpc) is 3.10. The molecule has 7 nitrogen and oxygen atoms in total. The van der Waals surface area contributed by atoms with Crippen molar-refractivity contribution >= 4 is 33.5 Å². The largest absolute Gasteiger partial charge is 0.491 e. The van der Waals surface area contributed by atoms with E-state index in [2.05, 4.69) is 4.72 Å². The number of carbonyl (C=O) groups is 1. The number of ether oxygens (including phenoxy) is 1. The summed E-state index contributed by atoms with van der Waals surface area (Å²) >= 11 is 0. The summed E-state index contributed by atoms with van der Waals surface area (Å²) in [5.74, 6) is -0.0546. The second-order valence-electron chi connectivity index (χ2n) is 6.01. The maximum absolute atomic E-state index is 12.6. The molecule has 0 radical (unpaired) electrons. The molecule has 1 atom stereocenters. The van der Waals surface area contributed by atoms with Crippen molar-refractivity contribution in [3.63, 3.8) is 0 Å². The Hall–Kier alpha value is -2.84. The molecule has 0 saturated heterocycles. The lowest BCUT2D eigenvalue weighted by molar-refractivity contribution is 0.0958. The minimum absolute atomic E-state index is 0.0922. The van der Waals surface area contributed by atoms with Crippen LogP contribution in [0.25, 0.3) is 11.0 Å². The minimum atomic E-state index is -1.80. The summed E-state index contributed by atoms with van der Waals surface area (Å²) in [6.07, 6.45) is 0. The molecule has 0 saturated carbocycles. The number of benzene rings is 2. The van der Waals surface area contributed by atoms with Gasteiger partial charge in [0.25, 0.3) is 5.91 Å². The second kappa shape index (κ2) is 8.24. The molecule has 2 aromatic carbocycles. The van der Waals surface area contributed by atoms with E-state index in [0.717, 1.165) is 11.1 Å². The first-order valence-corrected chi connectivity index (χ1v) is 9.50. The lowest BCUT2D eigenvalue weighted by atomic mass is 10.2. The minimum Gasteiger partial charge on any atom is -0.491 e. The molecular formula is C19H21N3O4S. The number of rotatable bonds is 7. The zero-order valence-electron chi connectivity index (χ0n) is 15.1. The summed E-state index contributed by atoms with van der Waals surface area (Å²) in [6, 6.07) is 14.1. The Morgan fingerprint density at radius 3 is 2.74 bits per heavy atom. The molecular weight excluding hydrogens is 366 g/mol. The van der Waals surface area contributed by atoms with Crippen LogP contribution in [0.3, 0.4) is 0 Å². The third-order valence-electron chi connectivity index (χ3n) is 3.85. The van der Waals surface area contributed by atoms with Crippen LogP contribution in [-0.4, -0.2) is 37.4 Å². The number of amides is 1. The van der Waals surface area contributed by atoms with Crippen molar-refractivity contribution in [2.45, 2.75) is 4.90 Å². The van der Waals surface area contributed by atoms with Crippen LogP contribution in [0.15, 0.2) is 57.8 Å². The molecule has 1 unspecified atom stereocenters. The summed E-state index contributed by atoms with van der Waals surface area (Å²) in [7, 11) is 2.05. The van der Waals surface area contributed by atoms with E-state index >= 15 is 0 Å². The number of nitrogens with zero attached hydrogens (tertiary/aromatic N) is 1. The molecule has 0 bridgehead atoms. The van der Waals surface area contributed by atoms with E-state index in [0.29, 0.717) is 29.4 Å². The Kier molecular flexibility index (Phi) is 5.78. The Labute approximate surface area is 159 Å². The smallest absolute Gasteiger partial charge is 0.298 e. The van der Waals surface area contributed by atoms with Gasteiger partial charge in [-0.25, -0.2) is 4.21 Å². The summed E-state index contributed by atoms with van der Waals surface area (Å²) in [5.41, 5.74) is 6.98. The predicted octanol–water partition coefficient (Wildman–Crippen LogP) is 2.29. The first-order valence-electron chi connectivity index (χ1n) is 8.35. The van der Waals surface area contributed by atoms with Gasteiger partial charge in [0.2, 0.25) is 0 Å². The van der Waals surface area contributed by atoms with Crippen molar-refractivity contribution < 1.29 is 18.2 Å². The number of hydrogen-bond acceptors (Lipinski definition) is 6. The number of furan rings is 1. The van der Waals surface area contributed by atoms with Crippen molar-refractivity contribution in [2.24, 2.45) is 5.73 Å². The van der Waals surface area contributed by atoms with Crippen LogP contribution in [0.5, 0.6) is 5.75 Å². The van der Waals surface area contributed by atoms with E-state index in [9.17, 15) is 9.00 Å². The van der Waals surface area contributed by atoms with Gasteiger partial charge in [-0.3, -0.25) is 9.52 Å². The summed E-state index contributed by atoms with van der Waals surface area (Å²) in [5, 5.41) is 0.795. The molecule has 0 aliphatic heterocycles. The average molecular weight is 387 g/mol. The number of nitrogens with two attached hydrogens (primary N) is 1. The van der Waals surface area contributed by atoms with E-state index in [4.69, 9.17) is 14.9 Å². The molecule has 8 heteroatoms. The first kappa shape index (κ1) is 18.9. The van der Waals surface area contributed by atoms with Gasteiger partial charge in [0.05, 0.1) is 0 Å². The van der Waals surface area contributed by atoms with Gasteiger partial charge in [0.15, 0.2) is 16.7 Å². The summed E-state index contributed by atoms with van der Waals surface area (Å²) in [4.78, 5) is 14.8. The van der Waals surface area contributed by atoms with E-state index in [-0.39, 0.29) is 5.76 Å². The number of nitrogens with one attached hydrogen (secondary N) is 1. The lowest BCUT2D eigenvalue weighted by Crippen LogP contribution is -2.25. The van der Waals surface area contributed by atoms with Gasteiger partial charge in [-0.1, -0.05) is 12.1 Å². The molecule has 3 N–H and O–H groups in total. The zero-order valence-corrected chi connectivity index (χ0v) is 15.9. The van der Waals surface area contributed by atoms with Gasteiger partial charge in [0.1, 0.15) is 22.8 Å². The van der Waals surface area contributed by atoms with Crippen molar-refractivity contribution in [1.82, 2.24) is 4.72 Å².